The topological polar surface area (TPSA) is 0 Å². The van der Waals surface area contributed by atoms with Crippen molar-refractivity contribution in [3.63, 3.8) is 0 Å². The Hall–Kier alpha value is 0.680. The van der Waals surface area contributed by atoms with Crippen molar-refractivity contribution in [1.29, 1.82) is 0 Å². The fraction of sp³-hybridized carbons (Fsp3) is 0.500. The highest BCUT2D eigenvalue weighted by atomic mass is 127. The first-order valence-electron chi connectivity index (χ1n) is 4.94. The van der Waals surface area contributed by atoms with Crippen LogP contribution >= 0.6 is 45.2 Å². The van der Waals surface area contributed by atoms with Crippen LogP contribution in [0.1, 0.15) is 25.0 Å². The lowest BCUT2D eigenvalue weighted by molar-refractivity contribution is 0.955. The molecule has 2 heteroatoms. The number of alkyl halides is 2. The van der Waals surface area contributed by atoms with Crippen molar-refractivity contribution >= 4 is 45.2 Å². The van der Waals surface area contributed by atoms with Crippen molar-refractivity contribution in [2.75, 3.05) is 0 Å². The van der Waals surface area contributed by atoms with Crippen molar-refractivity contribution in [2.45, 2.75) is 34.5 Å². The van der Waals surface area contributed by atoms with Crippen LogP contribution in [0.2, 0.25) is 0 Å². The maximum Gasteiger partial charge on any atom is 0.0122 e. The Labute approximate surface area is 114 Å². The molecule has 2 atom stereocenters. The SMILES string of the molecule is CC(I)Cc1ccc(CC(C)I)cc1. The van der Waals surface area contributed by atoms with Gasteiger partial charge in [0.15, 0.2) is 0 Å². The van der Waals surface area contributed by atoms with Crippen molar-refractivity contribution in [1.82, 2.24) is 0 Å². The molecule has 0 aliphatic carbocycles. The summed E-state index contributed by atoms with van der Waals surface area (Å²) in [5, 5.41) is 0. The summed E-state index contributed by atoms with van der Waals surface area (Å²) >= 11 is 4.95. The highest BCUT2D eigenvalue weighted by Crippen LogP contribution is 2.14. The Bertz CT molecular complexity index is 233. The summed E-state index contributed by atoms with van der Waals surface area (Å²) in [4.78, 5) is 0. The zero-order chi connectivity index (χ0) is 10.6. The van der Waals surface area contributed by atoms with E-state index in [9.17, 15) is 0 Å². The molecule has 78 valence electrons. The van der Waals surface area contributed by atoms with Crippen LogP contribution in [0.4, 0.5) is 0 Å². The fourth-order valence-corrected chi connectivity index (χ4v) is 2.48. The van der Waals surface area contributed by atoms with Crippen LogP contribution < -0.4 is 0 Å². The molecule has 0 nitrogen and oxygen atoms in total. The van der Waals surface area contributed by atoms with E-state index in [0.717, 1.165) is 7.85 Å². The normalized spacial score (nSPS) is 15.1. The molecular weight excluding hydrogens is 398 g/mol. The van der Waals surface area contributed by atoms with Crippen LogP contribution in [-0.4, -0.2) is 7.85 Å². The Kier molecular flexibility index (Phi) is 5.74. The number of rotatable bonds is 4. The quantitative estimate of drug-likeness (QED) is 0.506. The van der Waals surface area contributed by atoms with Crippen LogP contribution in [0.5, 0.6) is 0 Å². The van der Waals surface area contributed by atoms with Gasteiger partial charge in [-0.15, -0.1) is 0 Å². The van der Waals surface area contributed by atoms with Gasteiger partial charge < -0.3 is 0 Å². The molecule has 0 heterocycles. The molecule has 0 saturated heterocycles. The molecule has 0 amide bonds. The third kappa shape index (κ3) is 4.96. The van der Waals surface area contributed by atoms with Crippen LogP contribution in [0.15, 0.2) is 24.3 Å². The zero-order valence-electron chi connectivity index (χ0n) is 8.63. The summed E-state index contributed by atoms with van der Waals surface area (Å²) in [6, 6.07) is 9.07. The van der Waals surface area contributed by atoms with E-state index in [1.807, 2.05) is 0 Å². The minimum absolute atomic E-state index is 0.724. The lowest BCUT2D eigenvalue weighted by Crippen LogP contribution is -1.98. The van der Waals surface area contributed by atoms with E-state index in [-0.39, 0.29) is 0 Å². The molecule has 0 spiro atoms. The first-order valence-corrected chi connectivity index (χ1v) is 7.43. The molecule has 0 radical (unpaired) electrons. The number of hydrogen-bond donors (Lipinski definition) is 0. The lowest BCUT2D eigenvalue weighted by Gasteiger charge is -2.06. The van der Waals surface area contributed by atoms with Gasteiger partial charge >= 0.3 is 0 Å². The summed E-state index contributed by atoms with van der Waals surface area (Å²) < 4.78 is 1.45. The minimum atomic E-state index is 0.724. The van der Waals surface area contributed by atoms with Gasteiger partial charge in [0.05, 0.1) is 0 Å². The summed E-state index contributed by atoms with van der Waals surface area (Å²) in [7, 11) is 0. The number of halogens is 2. The van der Waals surface area contributed by atoms with E-state index in [4.69, 9.17) is 0 Å². The van der Waals surface area contributed by atoms with Gasteiger partial charge in [-0.05, 0) is 24.0 Å². The van der Waals surface area contributed by atoms with Gasteiger partial charge in [-0.2, -0.15) is 0 Å². The van der Waals surface area contributed by atoms with Gasteiger partial charge in [0.1, 0.15) is 0 Å². The largest absolute Gasteiger partial charge is 0.0826 e. The summed E-state index contributed by atoms with van der Waals surface area (Å²) in [5.74, 6) is 0. The Morgan fingerprint density at radius 2 is 1.14 bits per heavy atom. The fourth-order valence-electron chi connectivity index (χ4n) is 1.46. The molecule has 14 heavy (non-hydrogen) atoms. The van der Waals surface area contributed by atoms with Crippen molar-refractivity contribution in [2.24, 2.45) is 0 Å². The molecule has 0 aromatic heterocycles. The molecule has 0 saturated carbocycles. The minimum Gasteiger partial charge on any atom is -0.0826 e. The maximum absolute atomic E-state index is 2.47. The van der Waals surface area contributed by atoms with Crippen molar-refractivity contribution in [3.05, 3.63) is 35.4 Å². The van der Waals surface area contributed by atoms with E-state index in [2.05, 4.69) is 83.3 Å². The standard InChI is InChI=1S/C12H16I2/c1-9(13)7-11-3-5-12(6-4-11)8-10(2)14/h3-6,9-10H,7-8H2,1-2H3. The first-order chi connectivity index (χ1) is 6.58. The average molecular weight is 414 g/mol. The summed E-state index contributed by atoms with van der Waals surface area (Å²) in [6.07, 6.45) is 2.36. The van der Waals surface area contributed by atoms with E-state index < -0.39 is 0 Å². The highest BCUT2D eigenvalue weighted by molar-refractivity contribution is 14.1. The maximum atomic E-state index is 2.47. The monoisotopic (exact) mass is 414 g/mol. The molecular formula is C12H16I2. The van der Waals surface area contributed by atoms with E-state index in [0.29, 0.717) is 0 Å². The summed E-state index contributed by atoms with van der Waals surface area (Å²) in [5.41, 5.74) is 2.91. The number of hydrogen-bond acceptors (Lipinski definition) is 0. The van der Waals surface area contributed by atoms with E-state index in [1.54, 1.807) is 0 Å². The predicted molar refractivity (Wildman–Crippen MR) is 80.8 cm³/mol. The predicted octanol–water partition coefficient (Wildman–Crippen LogP) is 4.42. The van der Waals surface area contributed by atoms with Crippen LogP contribution in [0, 0.1) is 0 Å². The molecule has 0 N–H and O–H groups in total. The van der Waals surface area contributed by atoms with Gasteiger partial charge in [0.2, 0.25) is 0 Å². The second kappa shape index (κ2) is 6.30. The third-order valence-electron chi connectivity index (χ3n) is 2.06. The summed E-state index contributed by atoms with van der Waals surface area (Å²) in [6.45, 7) is 4.50. The van der Waals surface area contributed by atoms with E-state index in [1.165, 1.54) is 24.0 Å². The third-order valence-corrected chi connectivity index (χ3v) is 2.94. The average Bonchev–Trinajstić information content (AvgIpc) is 2.06. The molecule has 1 rings (SSSR count). The molecule has 0 fully saturated rings. The Balaban J connectivity index is 2.59. The lowest BCUT2D eigenvalue weighted by atomic mass is 10.1. The first kappa shape index (κ1) is 12.7. The molecule has 2 unspecified atom stereocenters. The second-order valence-corrected chi connectivity index (χ2v) is 8.04. The van der Waals surface area contributed by atoms with Gasteiger partial charge in [-0.1, -0.05) is 83.3 Å². The van der Waals surface area contributed by atoms with Crippen LogP contribution in [0.3, 0.4) is 0 Å². The molecule has 1 aromatic rings. The van der Waals surface area contributed by atoms with Gasteiger partial charge in [0, 0.05) is 7.85 Å². The van der Waals surface area contributed by atoms with Crippen LogP contribution in [0.25, 0.3) is 0 Å². The molecule has 0 aliphatic heterocycles. The second-order valence-electron chi connectivity index (χ2n) is 3.79. The van der Waals surface area contributed by atoms with Crippen molar-refractivity contribution in [3.8, 4) is 0 Å². The van der Waals surface area contributed by atoms with Gasteiger partial charge in [-0.3, -0.25) is 0 Å². The Morgan fingerprint density at radius 1 is 0.857 bits per heavy atom. The highest BCUT2D eigenvalue weighted by Gasteiger charge is 2.01. The molecule has 0 bridgehead atoms. The van der Waals surface area contributed by atoms with Crippen molar-refractivity contribution < 1.29 is 0 Å². The smallest absolute Gasteiger partial charge is 0.0122 e. The number of benzene rings is 1. The van der Waals surface area contributed by atoms with E-state index >= 15 is 0 Å². The van der Waals surface area contributed by atoms with Crippen LogP contribution in [-0.2, 0) is 12.8 Å². The Morgan fingerprint density at radius 3 is 1.36 bits per heavy atom. The van der Waals surface area contributed by atoms with Gasteiger partial charge in [-0.25, -0.2) is 0 Å². The van der Waals surface area contributed by atoms with Gasteiger partial charge in [0.25, 0.3) is 0 Å². The molecule has 0 aliphatic rings. The zero-order valence-corrected chi connectivity index (χ0v) is 12.9. The molecule has 1 aromatic carbocycles.